The Balaban J connectivity index is 1.71. The third-order valence-electron chi connectivity index (χ3n) is 7.50. The van der Waals surface area contributed by atoms with Gasteiger partial charge in [0, 0.05) is 10.8 Å². The molecule has 4 bridgehead atoms. The molecule has 0 aliphatic carbocycles. The van der Waals surface area contributed by atoms with Gasteiger partial charge in [-0.25, -0.2) is 55.1 Å². The third-order valence-corrected chi connectivity index (χ3v) is 7.89. The van der Waals surface area contributed by atoms with Gasteiger partial charge in [0.25, 0.3) is 0 Å². The zero-order chi connectivity index (χ0) is 31.1. The van der Waals surface area contributed by atoms with Crippen LogP contribution in [0.2, 0.25) is 0 Å². The standard InChI is InChI=1S/C26H2BClF8N8/c28-27-43-23-7-1-5(3-37)6(4-38)2-8(7)24(43)42-26-12-11(15(31)19(35)20(36)16(12)32)25(44(26)27)41-22-10-9(21(39-22)40-23)13(29)17(33)18(34)14(10)30/h1-2H. The van der Waals surface area contributed by atoms with Crippen LogP contribution in [0.4, 0.5) is 46.8 Å². The van der Waals surface area contributed by atoms with E-state index in [1.807, 2.05) is 12.1 Å². The zero-order valence-electron chi connectivity index (χ0n) is 20.7. The summed E-state index contributed by atoms with van der Waals surface area (Å²) in [4.78, 5) is 16.4. The molecule has 18 heteroatoms. The smallest absolute Gasteiger partial charge is 0.319 e. The van der Waals surface area contributed by atoms with E-state index in [0.29, 0.717) is 0 Å². The number of rotatable bonds is 0. The number of hydrogen-bond donors (Lipinski definition) is 0. The first-order valence-electron chi connectivity index (χ1n) is 12.0. The van der Waals surface area contributed by atoms with E-state index in [-0.39, 0.29) is 32.9 Å². The molecule has 3 aliphatic rings. The van der Waals surface area contributed by atoms with Crippen LogP contribution in [-0.4, -0.2) is 27.0 Å². The Morgan fingerprint density at radius 1 is 0.568 bits per heavy atom. The normalized spacial score (nSPS) is 14.1. The minimum Gasteiger partial charge on any atom is -0.319 e. The number of hydrogen-bond acceptors (Lipinski definition) is 6. The summed E-state index contributed by atoms with van der Waals surface area (Å²) in [6, 6.07) is 5.99. The van der Waals surface area contributed by atoms with Crippen LogP contribution in [0.15, 0.2) is 32.1 Å². The Morgan fingerprint density at radius 2 is 1.00 bits per heavy atom. The summed E-state index contributed by atoms with van der Waals surface area (Å²) in [5.74, 6) is -19.8. The van der Waals surface area contributed by atoms with Crippen molar-refractivity contribution in [3.05, 3.63) is 91.9 Å². The Hall–Kier alpha value is -5.55. The first kappa shape index (κ1) is 26.1. The molecule has 5 aromatic rings. The van der Waals surface area contributed by atoms with Crippen molar-refractivity contribution in [3.63, 3.8) is 0 Å². The maximum Gasteiger partial charge on any atom is 0.499 e. The second-order valence-electron chi connectivity index (χ2n) is 9.62. The molecular formula is C26H2BClF8N8. The monoisotopic (exact) mass is 624 g/mol. The second-order valence-corrected chi connectivity index (χ2v) is 10.0. The fraction of sp³-hybridized carbons (Fsp3) is 0. The molecular weight excluding hydrogens is 623 g/mol. The summed E-state index contributed by atoms with van der Waals surface area (Å²) in [5, 5.41) is 17.3. The molecule has 0 saturated heterocycles. The minimum absolute atomic E-state index is 0.00381. The lowest BCUT2D eigenvalue weighted by Crippen LogP contribution is -2.45. The van der Waals surface area contributed by atoms with E-state index in [1.54, 1.807) is 0 Å². The molecule has 0 fully saturated rings. The van der Waals surface area contributed by atoms with Crippen LogP contribution in [0.25, 0.3) is 21.5 Å². The minimum atomic E-state index is -2.25. The summed E-state index contributed by atoms with van der Waals surface area (Å²) >= 11 is 6.81. The fourth-order valence-corrected chi connectivity index (χ4v) is 5.97. The van der Waals surface area contributed by atoms with Crippen LogP contribution in [0.1, 0.15) is 22.3 Å². The molecule has 0 radical (unpaired) electrons. The number of fused-ring (bicyclic) bond motifs is 10. The SMILES string of the molecule is N#Cc1cc2c3n4c(c2cc1C#N)=Nc1c2c(F)c(F)c(F)c(F)c2c(n1B4Cl)N=C1N=C(N=3)c2c(F)c(F)c(F)c(F)c21. The van der Waals surface area contributed by atoms with Crippen LogP contribution in [0.3, 0.4) is 0 Å². The second kappa shape index (κ2) is 8.30. The molecule has 5 heterocycles. The van der Waals surface area contributed by atoms with E-state index >= 15 is 17.6 Å². The van der Waals surface area contributed by atoms with Gasteiger partial charge in [-0.05, 0) is 12.1 Å². The van der Waals surface area contributed by atoms with Crippen molar-refractivity contribution in [1.29, 1.82) is 10.5 Å². The van der Waals surface area contributed by atoms with Crippen molar-refractivity contribution in [2.24, 2.45) is 20.0 Å². The van der Waals surface area contributed by atoms with Gasteiger partial charge in [-0.2, -0.15) is 10.5 Å². The number of aliphatic imine (C=N–C) groups is 2. The first-order chi connectivity index (χ1) is 21.0. The van der Waals surface area contributed by atoms with Crippen LogP contribution in [-0.2, 0) is 0 Å². The summed E-state index contributed by atoms with van der Waals surface area (Å²) in [7, 11) is 0. The van der Waals surface area contributed by atoms with E-state index in [4.69, 9.17) is 11.5 Å². The predicted molar refractivity (Wildman–Crippen MR) is 137 cm³/mol. The third kappa shape index (κ3) is 2.87. The predicted octanol–water partition coefficient (Wildman–Crippen LogP) is 4.81. The van der Waals surface area contributed by atoms with Crippen LogP contribution >= 0.6 is 11.5 Å². The molecule has 0 unspecified atom stereocenters. The van der Waals surface area contributed by atoms with Crippen molar-refractivity contribution in [3.8, 4) is 12.1 Å². The van der Waals surface area contributed by atoms with Gasteiger partial charge in [-0.3, -0.25) is 0 Å². The maximum atomic E-state index is 15.4. The average molecular weight is 625 g/mol. The van der Waals surface area contributed by atoms with Gasteiger partial charge >= 0.3 is 6.40 Å². The van der Waals surface area contributed by atoms with E-state index < -0.39 is 98.1 Å². The molecule has 3 aliphatic heterocycles. The molecule has 8 rings (SSSR count). The Morgan fingerprint density at radius 3 is 1.50 bits per heavy atom. The molecule has 0 amide bonds. The molecule has 3 aromatic carbocycles. The summed E-state index contributed by atoms with van der Waals surface area (Å²) in [5.41, 5.74) is -2.93. The van der Waals surface area contributed by atoms with E-state index in [9.17, 15) is 28.1 Å². The quantitative estimate of drug-likeness (QED) is 0.107. The molecule has 2 aromatic heterocycles. The van der Waals surface area contributed by atoms with E-state index in [0.717, 1.165) is 8.96 Å². The van der Waals surface area contributed by atoms with Gasteiger partial charge in [-0.15, -0.1) is 11.5 Å². The number of nitrogens with zero attached hydrogens (tertiary/aromatic N) is 8. The van der Waals surface area contributed by atoms with Crippen LogP contribution in [0.5, 0.6) is 0 Å². The van der Waals surface area contributed by atoms with Gasteiger partial charge in [0.15, 0.2) is 58.2 Å². The number of amidine groups is 2. The number of nitriles is 2. The molecule has 44 heavy (non-hydrogen) atoms. The highest BCUT2D eigenvalue weighted by molar-refractivity contribution is 7.05. The molecule has 8 nitrogen and oxygen atoms in total. The van der Waals surface area contributed by atoms with Crippen molar-refractivity contribution in [2.75, 3.05) is 0 Å². The number of halogens is 9. The molecule has 0 N–H and O–H groups in total. The van der Waals surface area contributed by atoms with E-state index in [1.165, 1.54) is 12.1 Å². The Bertz CT molecular complexity index is 2590. The van der Waals surface area contributed by atoms with Gasteiger partial charge in [-0.1, -0.05) is 0 Å². The highest BCUT2D eigenvalue weighted by Crippen LogP contribution is 2.45. The average Bonchev–Trinajstić information content (AvgIpc) is 3.64. The van der Waals surface area contributed by atoms with Gasteiger partial charge < -0.3 is 8.96 Å². The zero-order valence-corrected chi connectivity index (χ0v) is 21.5. The summed E-state index contributed by atoms with van der Waals surface area (Å²) < 4.78 is 121. The molecule has 212 valence electrons. The van der Waals surface area contributed by atoms with Gasteiger partial charge in [0.2, 0.25) is 0 Å². The van der Waals surface area contributed by atoms with Gasteiger partial charge in [0.05, 0.1) is 33.0 Å². The maximum absolute atomic E-state index is 15.4. The fourth-order valence-electron chi connectivity index (χ4n) is 5.60. The topological polar surface area (TPSA) is 107 Å². The van der Waals surface area contributed by atoms with Crippen molar-refractivity contribution in [1.82, 2.24) is 8.96 Å². The van der Waals surface area contributed by atoms with Crippen molar-refractivity contribution < 1.29 is 35.1 Å². The lowest BCUT2D eigenvalue weighted by atomic mass is 10.0. The molecule has 0 atom stereocenters. The highest BCUT2D eigenvalue weighted by Gasteiger charge is 2.41. The Labute approximate surface area is 241 Å². The molecule has 0 spiro atoms. The van der Waals surface area contributed by atoms with Crippen molar-refractivity contribution >= 4 is 62.7 Å². The number of benzene rings is 3. The number of aromatic nitrogens is 2. The molecule has 0 saturated carbocycles. The van der Waals surface area contributed by atoms with Crippen LogP contribution in [0, 0.1) is 69.2 Å². The first-order valence-corrected chi connectivity index (χ1v) is 12.5. The lowest BCUT2D eigenvalue weighted by molar-refractivity contribution is 0.407. The van der Waals surface area contributed by atoms with Gasteiger partial charge in [0.1, 0.15) is 34.7 Å². The van der Waals surface area contributed by atoms with Crippen molar-refractivity contribution in [2.45, 2.75) is 0 Å². The van der Waals surface area contributed by atoms with Crippen LogP contribution < -0.4 is 11.0 Å². The van der Waals surface area contributed by atoms with E-state index in [2.05, 4.69) is 20.0 Å². The highest BCUT2D eigenvalue weighted by atomic mass is 35.5. The lowest BCUT2D eigenvalue weighted by Gasteiger charge is -2.18. The summed E-state index contributed by atoms with van der Waals surface area (Å²) in [6.45, 7) is 0. The largest absolute Gasteiger partial charge is 0.499 e. The summed E-state index contributed by atoms with van der Waals surface area (Å²) in [6.07, 6.45) is -1.68. The Kier molecular flexibility index (Phi) is 4.92.